The molecule has 0 unspecified atom stereocenters. The molecule has 0 radical (unpaired) electrons. The summed E-state index contributed by atoms with van der Waals surface area (Å²) in [6.45, 7) is 3.13. The molecule has 13 heteroatoms. The number of benzene rings is 1. The first-order valence-electron chi connectivity index (χ1n) is 10.3. The average molecular weight is 491 g/mol. The van der Waals surface area contributed by atoms with E-state index in [9.17, 15) is 18.0 Å². The molecule has 5 rings (SSSR count). The molecule has 0 bridgehead atoms. The van der Waals surface area contributed by atoms with Gasteiger partial charge in [0.2, 0.25) is 0 Å². The Morgan fingerprint density at radius 1 is 1.09 bits per heavy atom. The number of nitrogens with zero attached hydrogens (tertiary/aromatic N) is 8. The first-order valence-corrected chi connectivity index (χ1v) is 10.7. The van der Waals surface area contributed by atoms with E-state index in [1.54, 1.807) is 10.6 Å². The highest BCUT2D eigenvalue weighted by atomic mass is 35.5. The van der Waals surface area contributed by atoms with Gasteiger partial charge in [-0.05, 0) is 25.1 Å². The minimum absolute atomic E-state index is 0.119. The number of hydrogen-bond acceptors (Lipinski definition) is 6. The Bertz CT molecular complexity index is 1370. The molecule has 1 aliphatic heterocycles. The Hall–Kier alpha value is -3.67. The molecule has 9 nitrogen and oxygen atoms in total. The second-order valence-electron chi connectivity index (χ2n) is 7.80. The van der Waals surface area contributed by atoms with Gasteiger partial charge in [0, 0.05) is 43.0 Å². The van der Waals surface area contributed by atoms with Crippen molar-refractivity contribution in [1.82, 2.24) is 34.3 Å². The van der Waals surface area contributed by atoms with E-state index in [0.717, 1.165) is 17.7 Å². The highest BCUT2D eigenvalue weighted by Crippen LogP contribution is 2.34. The fourth-order valence-corrected chi connectivity index (χ4v) is 4.21. The number of fused-ring (bicyclic) bond motifs is 1. The highest BCUT2D eigenvalue weighted by molar-refractivity contribution is 6.30. The summed E-state index contributed by atoms with van der Waals surface area (Å²) >= 11 is 5.94. The molecule has 0 spiro atoms. The number of rotatable bonds is 3. The molecule has 1 aliphatic rings. The number of piperazine rings is 1. The van der Waals surface area contributed by atoms with Crippen molar-refractivity contribution in [3.8, 4) is 5.69 Å². The van der Waals surface area contributed by atoms with Crippen molar-refractivity contribution >= 4 is 29.1 Å². The van der Waals surface area contributed by atoms with Crippen LogP contribution in [0.2, 0.25) is 5.02 Å². The number of aryl methyl sites for hydroxylation is 1. The van der Waals surface area contributed by atoms with Crippen LogP contribution in [-0.4, -0.2) is 66.3 Å². The fraction of sp³-hybridized carbons (Fsp3) is 0.286. The zero-order valence-electron chi connectivity index (χ0n) is 17.9. The standard InChI is InChI=1S/C21H18ClF3N8O/c1-13-9-17(33-20(29-13)26-12-28-33)30-5-7-31(8-6-30)19(34)16-11-27-32(18(16)21(23,24)25)15-4-2-3-14(22)10-15/h2-4,9-12H,5-8H2,1H3. The van der Waals surface area contributed by atoms with Gasteiger partial charge in [-0.3, -0.25) is 4.79 Å². The van der Waals surface area contributed by atoms with Gasteiger partial charge >= 0.3 is 6.18 Å². The van der Waals surface area contributed by atoms with Crippen molar-refractivity contribution in [3.63, 3.8) is 0 Å². The Morgan fingerprint density at radius 2 is 1.85 bits per heavy atom. The van der Waals surface area contributed by atoms with Gasteiger partial charge in [-0.1, -0.05) is 17.7 Å². The van der Waals surface area contributed by atoms with E-state index in [4.69, 9.17) is 11.6 Å². The third-order valence-corrected chi connectivity index (χ3v) is 5.81. The third-order valence-electron chi connectivity index (χ3n) is 5.57. The maximum atomic E-state index is 14.0. The largest absolute Gasteiger partial charge is 0.434 e. The summed E-state index contributed by atoms with van der Waals surface area (Å²) in [7, 11) is 0. The minimum atomic E-state index is -4.79. The molecule has 0 atom stereocenters. The summed E-state index contributed by atoms with van der Waals surface area (Å²) in [5, 5.41) is 8.32. The van der Waals surface area contributed by atoms with Gasteiger partial charge in [-0.15, -0.1) is 0 Å². The zero-order valence-corrected chi connectivity index (χ0v) is 18.6. The summed E-state index contributed by atoms with van der Waals surface area (Å²) in [6.07, 6.45) is -2.43. The van der Waals surface area contributed by atoms with Gasteiger partial charge < -0.3 is 9.80 Å². The second kappa shape index (κ2) is 8.28. The molecular formula is C21H18ClF3N8O. The van der Waals surface area contributed by atoms with E-state index in [-0.39, 0.29) is 23.8 Å². The van der Waals surface area contributed by atoms with Crippen LogP contribution in [0.4, 0.5) is 19.0 Å². The molecule has 1 aromatic carbocycles. The quantitative estimate of drug-likeness (QED) is 0.438. The summed E-state index contributed by atoms with van der Waals surface area (Å²) in [5.41, 5.74) is -0.749. The average Bonchev–Trinajstić information content (AvgIpc) is 3.45. The van der Waals surface area contributed by atoms with Gasteiger partial charge in [-0.25, -0.2) is 9.67 Å². The first kappa shape index (κ1) is 22.1. The number of anilines is 1. The predicted molar refractivity (Wildman–Crippen MR) is 117 cm³/mol. The monoisotopic (exact) mass is 490 g/mol. The lowest BCUT2D eigenvalue weighted by Gasteiger charge is -2.36. The van der Waals surface area contributed by atoms with Crippen LogP contribution in [0.5, 0.6) is 0 Å². The van der Waals surface area contributed by atoms with Crippen LogP contribution < -0.4 is 4.90 Å². The topological polar surface area (TPSA) is 84.5 Å². The summed E-state index contributed by atoms with van der Waals surface area (Å²) in [5.74, 6) is 0.491. The Labute approximate surface area is 196 Å². The van der Waals surface area contributed by atoms with Crippen molar-refractivity contribution < 1.29 is 18.0 Å². The molecule has 0 aliphatic carbocycles. The van der Waals surface area contributed by atoms with Crippen molar-refractivity contribution in [2.75, 3.05) is 31.1 Å². The lowest BCUT2D eigenvalue weighted by molar-refractivity contribution is -0.143. The molecule has 34 heavy (non-hydrogen) atoms. The molecule has 0 saturated carbocycles. The molecule has 0 N–H and O–H groups in total. The molecule has 4 heterocycles. The number of aromatic nitrogens is 6. The molecule has 1 fully saturated rings. The summed E-state index contributed by atoms with van der Waals surface area (Å²) in [6, 6.07) is 7.73. The number of carbonyl (C=O) groups excluding carboxylic acids is 1. The van der Waals surface area contributed by atoms with Crippen LogP contribution in [0.25, 0.3) is 11.5 Å². The van der Waals surface area contributed by atoms with E-state index >= 15 is 0 Å². The van der Waals surface area contributed by atoms with Crippen LogP contribution in [0.15, 0.2) is 42.9 Å². The zero-order chi connectivity index (χ0) is 24.0. The lowest BCUT2D eigenvalue weighted by Crippen LogP contribution is -2.49. The van der Waals surface area contributed by atoms with E-state index in [0.29, 0.717) is 23.5 Å². The van der Waals surface area contributed by atoms with Crippen molar-refractivity contribution in [3.05, 3.63) is 64.8 Å². The number of amides is 1. The van der Waals surface area contributed by atoms with Crippen molar-refractivity contribution in [2.24, 2.45) is 0 Å². The van der Waals surface area contributed by atoms with Crippen LogP contribution in [0.3, 0.4) is 0 Å². The fourth-order valence-electron chi connectivity index (χ4n) is 4.03. The van der Waals surface area contributed by atoms with Crippen molar-refractivity contribution in [2.45, 2.75) is 13.1 Å². The summed E-state index contributed by atoms with van der Waals surface area (Å²) < 4.78 is 44.3. The van der Waals surface area contributed by atoms with Gasteiger partial charge in [-0.2, -0.15) is 32.9 Å². The van der Waals surface area contributed by atoms with Crippen molar-refractivity contribution in [1.29, 1.82) is 0 Å². The molecule has 176 valence electrons. The minimum Gasteiger partial charge on any atom is -0.353 e. The van der Waals surface area contributed by atoms with E-state index < -0.39 is 23.3 Å². The third kappa shape index (κ3) is 3.94. The number of carbonyl (C=O) groups is 1. The molecule has 3 aromatic heterocycles. The molecular weight excluding hydrogens is 473 g/mol. The number of halogens is 4. The van der Waals surface area contributed by atoms with E-state index in [1.807, 2.05) is 17.9 Å². The smallest absolute Gasteiger partial charge is 0.353 e. The second-order valence-corrected chi connectivity index (χ2v) is 8.24. The molecule has 4 aromatic rings. The molecule has 1 saturated heterocycles. The Kier molecular flexibility index (Phi) is 5.39. The number of hydrogen-bond donors (Lipinski definition) is 0. The maximum Gasteiger partial charge on any atom is 0.434 e. The van der Waals surface area contributed by atoms with Gasteiger partial charge in [0.15, 0.2) is 5.69 Å². The summed E-state index contributed by atoms with van der Waals surface area (Å²) in [4.78, 5) is 25.0. The van der Waals surface area contributed by atoms with Gasteiger partial charge in [0.05, 0.1) is 17.4 Å². The normalized spacial score (nSPS) is 14.7. The predicted octanol–water partition coefficient (Wildman–Crippen LogP) is 3.25. The van der Waals surface area contributed by atoms with Gasteiger partial charge in [0.25, 0.3) is 11.7 Å². The van der Waals surface area contributed by atoms with E-state index in [1.165, 1.54) is 29.4 Å². The van der Waals surface area contributed by atoms with Gasteiger partial charge in [0.1, 0.15) is 12.1 Å². The van der Waals surface area contributed by atoms with Crippen LogP contribution >= 0.6 is 11.6 Å². The number of alkyl halides is 3. The van der Waals surface area contributed by atoms with Crippen LogP contribution in [0, 0.1) is 6.92 Å². The SMILES string of the molecule is Cc1cc(N2CCN(C(=O)c3cnn(-c4cccc(Cl)c4)c3C(F)(F)F)CC2)n2ncnc2n1. The van der Waals surface area contributed by atoms with E-state index in [2.05, 4.69) is 20.2 Å². The molecule has 1 amide bonds. The van der Waals surface area contributed by atoms with Crippen LogP contribution in [-0.2, 0) is 6.18 Å². The Balaban J connectivity index is 1.40. The maximum absolute atomic E-state index is 14.0. The lowest BCUT2D eigenvalue weighted by atomic mass is 10.1. The first-order chi connectivity index (χ1) is 16.2. The van der Waals surface area contributed by atoms with Crippen LogP contribution in [0.1, 0.15) is 21.7 Å². The Morgan fingerprint density at radius 3 is 2.56 bits per heavy atom. The highest BCUT2D eigenvalue weighted by Gasteiger charge is 2.41.